The van der Waals surface area contributed by atoms with Gasteiger partial charge in [-0.3, -0.25) is 28.2 Å². The fourth-order valence-corrected chi connectivity index (χ4v) is 5.91. The molecular weight excluding hydrogens is 596 g/mol. The summed E-state index contributed by atoms with van der Waals surface area (Å²) in [5.74, 6) is -2.72. The zero-order chi connectivity index (χ0) is 30.2. The van der Waals surface area contributed by atoms with Crippen molar-refractivity contribution in [3.63, 3.8) is 0 Å². The van der Waals surface area contributed by atoms with Crippen LogP contribution in [-0.4, -0.2) is 112 Å². The number of hydrogen-bond acceptors (Lipinski definition) is 15. The zero-order valence-corrected chi connectivity index (χ0v) is 21.8. The Morgan fingerprint density at radius 1 is 1.05 bits per heavy atom. The quantitative estimate of drug-likeness (QED) is 0.111. The molecule has 1 amide bonds. The van der Waals surface area contributed by atoms with Gasteiger partial charge in [-0.25, -0.2) is 18.7 Å². The summed E-state index contributed by atoms with van der Waals surface area (Å²) in [5, 5.41) is 51.6. The molecule has 40 heavy (non-hydrogen) atoms. The van der Waals surface area contributed by atoms with E-state index in [1.54, 1.807) is 0 Å². The van der Waals surface area contributed by atoms with Crippen molar-refractivity contribution in [3.05, 3.63) is 33.1 Å². The summed E-state index contributed by atoms with van der Waals surface area (Å²) in [5.41, 5.74) is -1.79. The van der Waals surface area contributed by atoms with E-state index in [1.165, 1.54) is 0 Å². The largest absolute Gasteiger partial charge is 0.483 e. The van der Waals surface area contributed by atoms with Crippen LogP contribution in [-0.2, 0) is 41.6 Å². The van der Waals surface area contributed by atoms with Crippen molar-refractivity contribution in [1.29, 1.82) is 0 Å². The van der Waals surface area contributed by atoms with E-state index < -0.39 is 101 Å². The number of carboxylic acid groups (broad SMARTS) is 1. The predicted molar refractivity (Wildman–Crippen MR) is 121 cm³/mol. The smallest absolute Gasteiger partial charge is 0.479 e. The maximum Gasteiger partial charge on any atom is 0.483 e. The summed E-state index contributed by atoms with van der Waals surface area (Å²) in [6.07, 6.45) is -14.7. The van der Waals surface area contributed by atoms with Gasteiger partial charge < -0.3 is 50.1 Å². The number of aromatic amines is 1. The third-order valence-electron chi connectivity index (χ3n) is 5.52. The Morgan fingerprint density at radius 2 is 1.70 bits per heavy atom. The molecule has 0 spiro atoms. The molecule has 226 valence electrons. The number of H-pyrrole nitrogens is 1. The average Bonchev–Trinajstić information content (AvgIpc) is 3.09. The number of carbonyl (C=O) groups excluding carboxylic acids is 1. The Labute approximate surface area is 221 Å². The van der Waals surface area contributed by atoms with Crippen LogP contribution in [0.25, 0.3) is 0 Å². The topological polar surface area (TPSA) is 323 Å². The minimum absolute atomic E-state index is 0.700. The van der Waals surface area contributed by atoms with E-state index in [-0.39, 0.29) is 0 Å². The Morgan fingerprint density at radius 3 is 2.27 bits per heavy atom. The minimum Gasteiger partial charge on any atom is -0.479 e. The molecule has 0 aliphatic carbocycles. The molecule has 9 N–H and O–H groups in total. The van der Waals surface area contributed by atoms with Gasteiger partial charge in [0, 0.05) is 19.2 Å². The van der Waals surface area contributed by atoms with Crippen molar-refractivity contribution >= 4 is 27.5 Å². The van der Waals surface area contributed by atoms with Crippen LogP contribution in [0.15, 0.2) is 21.9 Å². The number of aliphatic hydroxyl groups excluding tert-OH is 4. The molecule has 2 aliphatic heterocycles. The Bertz CT molecular complexity index is 1320. The molecule has 0 aromatic carbocycles. The SMILES string of the molecule is CC(=O)N[C@H]1[C@@H](OP(=O)(O)OP(=O)(O)OC[C@H]2O[C@@H](n3ccc(=O)[nH]c3=O)[C@H](O)[C@@H]2O)O[C@@H](C(=O)O)[C@H](O)[C@@H]1O. The van der Waals surface area contributed by atoms with Crippen LogP contribution >= 0.6 is 15.6 Å². The van der Waals surface area contributed by atoms with Crippen molar-refractivity contribution in [2.45, 2.75) is 62.1 Å². The van der Waals surface area contributed by atoms with Crippen LogP contribution in [0.1, 0.15) is 13.2 Å². The van der Waals surface area contributed by atoms with Crippen molar-refractivity contribution in [3.8, 4) is 0 Å². The van der Waals surface area contributed by atoms with Gasteiger partial charge in [0.25, 0.3) is 5.56 Å². The standard InChI is InChI=1S/C17H25N3O18P2/c1-5(21)18-8-10(24)11(25)13(15(27)28)36-16(8)37-40(32,33)38-39(30,31)34-4-6-9(23)12(26)14(35-6)20-3-2-7(22)19-17(20)29/h2-3,6,8-14,16,23-26H,4H2,1H3,(H,18,21)(H,27,28)(H,30,31)(H,32,33)(H,19,22,29)/t6-,8-,9-,10-,11-,12-,13-,14-,16-/m1/s1. The lowest BCUT2D eigenvalue weighted by Gasteiger charge is -2.41. The third kappa shape index (κ3) is 7.47. The number of aliphatic hydroxyl groups is 4. The highest BCUT2D eigenvalue weighted by Gasteiger charge is 2.52. The number of carbonyl (C=O) groups is 2. The van der Waals surface area contributed by atoms with Gasteiger partial charge in [-0.2, -0.15) is 4.31 Å². The number of rotatable bonds is 10. The summed E-state index contributed by atoms with van der Waals surface area (Å²) in [7, 11) is -11.4. The Hall–Kier alpha value is -2.36. The van der Waals surface area contributed by atoms with Crippen LogP contribution in [0.5, 0.6) is 0 Å². The molecule has 2 aliphatic rings. The molecule has 1 aromatic rings. The monoisotopic (exact) mass is 621 g/mol. The van der Waals surface area contributed by atoms with Crippen molar-refractivity contribution in [1.82, 2.24) is 14.9 Å². The minimum atomic E-state index is -5.76. The van der Waals surface area contributed by atoms with Crippen LogP contribution in [0.2, 0.25) is 0 Å². The Kier molecular flexibility index (Phi) is 9.85. The first-order valence-corrected chi connectivity index (χ1v) is 14.0. The first kappa shape index (κ1) is 32.2. The number of nitrogens with one attached hydrogen (secondary N) is 2. The molecule has 1 aromatic heterocycles. The number of phosphoric ester groups is 2. The van der Waals surface area contributed by atoms with Crippen molar-refractivity contribution in [2.75, 3.05) is 6.61 Å². The lowest BCUT2D eigenvalue weighted by molar-refractivity contribution is -0.243. The van der Waals surface area contributed by atoms with Gasteiger partial charge >= 0.3 is 27.3 Å². The fourth-order valence-electron chi connectivity index (χ4n) is 3.74. The van der Waals surface area contributed by atoms with Gasteiger partial charge in [0.2, 0.25) is 5.91 Å². The van der Waals surface area contributed by atoms with Crippen LogP contribution < -0.4 is 16.6 Å². The fraction of sp³-hybridized carbons (Fsp3) is 0.647. The summed E-state index contributed by atoms with van der Waals surface area (Å²) in [6, 6.07) is -0.949. The van der Waals surface area contributed by atoms with E-state index in [0.29, 0.717) is 4.57 Å². The summed E-state index contributed by atoms with van der Waals surface area (Å²) in [6.45, 7) is -0.153. The van der Waals surface area contributed by atoms with Crippen molar-refractivity contribution in [2.24, 2.45) is 0 Å². The second-order valence-electron chi connectivity index (χ2n) is 8.45. The van der Waals surface area contributed by atoms with E-state index in [0.717, 1.165) is 19.2 Å². The molecule has 2 saturated heterocycles. The Balaban J connectivity index is 1.68. The van der Waals surface area contributed by atoms with Crippen LogP contribution in [0, 0.1) is 0 Å². The average molecular weight is 621 g/mol. The van der Waals surface area contributed by atoms with E-state index in [4.69, 9.17) is 14.6 Å². The third-order valence-corrected chi connectivity index (χ3v) is 8.12. The summed E-state index contributed by atoms with van der Waals surface area (Å²) < 4.78 is 48.7. The molecule has 11 atom stereocenters. The molecule has 2 fully saturated rings. The predicted octanol–water partition coefficient (Wildman–Crippen LogP) is -4.56. The first-order valence-electron chi connectivity index (χ1n) is 11.0. The molecule has 3 heterocycles. The van der Waals surface area contributed by atoms with Gasteiger partial charge in [-0.15, -0.1) is 0 Å². The number of hydrogen-bond donors (Lipinski definition) is 9. The number of phosphoric acid groups is 2. The van der Waals surface area contributed by atoms with Crippen LogP contribution in [0.4, 0.5) is 0 Å². The highest BCUT2D eigenvalue weighted by Crippen LogP contribution is 2.61. The second kappa shape index (κ2) is 12.2. The van der Waals surface area contributed by atoms with Gasteiger partial charge in [0.1, 0.15) is 36.6 Å². The van der Waals surface area contributed by atoms with Gasteiger partial charge in [0.15, 0.2) is 18.6 Å². The lowest BCUT2D eigenvalue weighted by Crippen LogP contribution is -2.65. The van der Waals surface area contributed by atoms with E-state index >= 15 is 0 Å². The highest BCUT2D eigenvalue weighted by atomic mass is 31.3. The summed E-state index contributed by atoms with van der Waals surface area (Å²) in [4.78, 5) is 67.7. The molecule has 2 unspecified atom stereocenters. The van der Waals surface area contributed by atoms with E-state index in [9.17, 15) is 58.5 Å². The van der Waals surface area contributed by atoms with Gasteiger partial charge in [0.05, 0.1) is 6.61 Å². The molecule has 0 bridgehead atoms. The maximum atomic E-state index is 12.4. The first-order chi connectivity index (χ1) is 18.4. The number of ether oxygens (including phenoxy) is 2. The molecule has 0 radical (unpaired) electrons. The molecule has 0 saturated carbocycles. The highest BCUT2D eigenvalue weighted by molar-refractivity contribution is 7.61. The molecule has 21 nitrogen and oxygen atoms in total. The number of amides is 1. The second-order valence-corrected chi connectivity index (χ2v) is 11.5. The van der Waals surface area contributed by atoms with Crippen molar-refractivity contribution < 1.29 is 76.9 Å². The number of nitrogens with zero attached hydrogens (tertiary/aromatic N) is 1. The zero-order valence-electron chi connectivity index (χ0n) is 20.0. The van der Waals surface area contributed by atoms with Gasteiger partial charge in [-0.1, -0.05) is 0 Å². The normalized spacial score (nSPS) is 35.4. The van der Waals surface area contributed by atoms with E-state index in [2.05, 4.69) is 13.4 Å². The molecule has 23 heteroatoms. The lowest BCUT2D eigenvalue weighted by atomic mass is 9.97. The number of carboxylic acids is 1. The maximum absolute atomic E-state index is 12.4. The number of aromatic nitrogens is 2. The van der Waals surface area contributed by atoms with Gasteiger partial charge in [-0.05, 0) is 0 Å². The molecular formula is C17H25N3O18P2. The molecule has 3 rings (SSSR count). The van der Waals surface area contributed by atoms with E-state index in [1.807, 2.05) is 10.3 Å². The van der Waals surface area contributed by atoms with Crippen LogP contribution in [0.3, 0.4) is 0 Å². The summed E-state index contributed by atoms with van der Waals surface area (Å²) >= 11 is 0. The number of aliphatic carboxylic acids is 1.